The Hall–Kier alpha value is -1.88. The standard InChI is InChI=1S/C15H19NO4/c1-15(6-3-7-20-15)10-16-13(17)9-11-4-2-5-12(8-11)14(18)19/h2,4-5,8H,3,6-7,9-10H2,1H3,(H,16,17)(H,18,19). The predicted molar refractivity (Wildman–Crippen MR) is 73.7 cm³/mol. The molecule has 0 bridgehead atoms. The molecule has 0 spiro atoms. The Balaban J connectivity index is 1.88. The molecule has 1 fully saturated rings. The number of benzene rings is 1. The number of carbonyl (C=O) groups is 2. The molecule has 0 aliphatic carbocycles. The maximum absolute atomic E-state index is 11.9. The maximum atomic E-state index is 11.9. The lowest BCUT2D eigenvalue weighted by Crippen LogP contribution is -2.40. The van der Waals surface area contributed by atoms with Gasteiger partial charge in [-0.05, 0) is 37.5 Å². The van der Waals surface area contributed by atoms with E-state index in [1.807, 2.05) is 6.92 Å². The number of hydrogen-bond acceptors (Lipinski definition) is 3. The van der Waals surface area contributed by atoms with Gasteiger partial charge in [-0.2, -0.15) is 0 Å². The third-order valence-corrected chi connectivity index (χ3v) is 3.50. The van der Waals surface area contributed by atoms with Crippen molar-refractivity contribution in [3.8, 4) is 0 Å². The van der Waals surface area contributed by atoms with Crippen molar-refractivity contribution in [3.05, 3.63) is 35.4 Å². The van der Waals surface area contributed by atoms with E-state index in [2.05, 4.69) is 5.32 Å². The highest BCUT2D eigenvalue weighted by atomic mass is 16.5. The summed E-state index contributed by atoms with van der Waals surface area (Å²) in [6.45, 7) is 3.23. The van der Waals surface area contributed by atoms with Gasteiger partial charge in [0.1, 0.15) is 0 Å². The SMILES string of the molecule is CC1(CNC(=O)Cc2cccc(C(=O)O)c2)CCCO1. The molecule has 1 aliphatic rings. The molecule has 108 valence electrons. The van der Waals surface area contributed by atoms with Crippen molar-refractivity contribution in [2.45, 2.75) is 31.8 Å². The summed E-state index contributed by atoms with van der Waals surface area (Å²) in [7, 11) is 0. The fourth-order valence-electron chi connectivity index (χ4n) is 2.32. The average molecular weight is 277 g/mol. The molecule has 0 radical (unpaired) electrons. The molecule has 1 unspecified atom stereocenters. The van der Waals surface area contributed by atoms with Gasteiger partial charge in [0.25, 0.3) is 0 Å². The largest absolute Gasteiger partial charge is 0.478 e. The molecule has 1 saturated heterocycles. The zero-order chi connectivity index (χ0) is 14.6. The molecule has 5 nitrogen and oxygen atoms in total. The molecule has 20 heavy (non-hydrogen) atoms. The minimum Gasteiger partial charge on any atom is -0.478 e. The van der Waals surface area contributed by atoms with Crippen molar-refractivity contribution in [2.24, 2.45) is 0 Å². The minimum absolute atomic E-state index is 0.121. The summed E-state index contributed by atoms with van der Waals surface area (Å²) in [6.07, 6.45) is 2.14. The van der Waals surface area contributed by atoms with Gasteiger partial charge in [-0.15, -0.1) is 0 Å². The van der Waals surface area contributed by atoms with Gasteiger partial charge in [0.15, 0.2) is 0 Å². The van der Waals surface area contributed by atoms with Crippen LogP contribution in [-0.2, 0) is 16.0 Å². The van der Waals surface area contributed by atoms with Crippen molar-refractivity contribution in [1.29, 1.82) is 0 Å². The highest BCUT2D eigenvalue weighted by Crippen LogP contribution is 2.23. The van der Waals surface area contributed by atoms with Crippen LogP contribution in [0, 0.1) is 0 Å². The lowest BCUT2D eigenvalue weighted by Gasteiger charge is -2.23. The van der Waals surface area contributed by atoms with E-state index in [4.69, 9.17) is 9.84 Å². The molecule has 2 N–H and O–H groups in total. The maximum Gasteiger partial charge on any atom is 0.335 e. The summed E-state index contributed by atoms with van der Waals surface area (Å²) < 4.78 is 5.60. The third-order valence-electron chi connectivity index (χ3n) is 3.50. The van der Waals surface area contributed by atoms with Gasteiger partial charge in [-0.25, -0.2) is 4.79 Å². The van der Waals surface area contributed by atoms with Gasteiger partial charge in [0.05, 0.1) is 17.6 Å². The van der Waals surface area contributed by atoms with Crippen LogP contribution < -0.4 is 5.32 Å². The molecule has 1 atom stereocenters. The molecule has 5 heteroatoms. The molecule has 1 amide bonds. The second kappa shape index (κ2) is 6.05. The number of aromatic carboxylic acids is 1. The molecule has 1 aliphatic heterocycles. The predicted octanol–water partition coefficient (Wildman–Crippen LogP) is 1.61. The number of nitrogens with one attached hydrogen (secondary N) is 1. The van der Waals surface area contributed by atoms with E-state index >= 15 is 0 Å². The Labute approximate surface area is 117 Å². The number of carboxylic acid groups (broad SMARTS) is 1. The van der Waals surface area contributed by atoms with Crippen LogP contribution >= 0.6 is 0 Å². The van der Waals surface area contributed by atoms with Crippen molar-refractivity contribution in [1.82, 2.24) is 5.32 Å². The molecule has 0 aromatic heterocycles. The number of rotatable bonds is 5. The van der Waals surface area contributed by atoms with Crippen LogP contribution in [0.25, 0.3) is 0 Å². The van der Waals surface area contributed by atoms with E-state index in [1.54, 1.807) is 12.1 Å². The summed E-state index contributed by atoms with van der Waals surface area (Å²) in [6, 6.07) is 6.43. The Morgan fingerprint density at radius 1 is 1.45 bits per heavy atom. The van der Waals surface area contributed by atoms with Crippen molar-refractivity contribution in [2.75, 3.05) is 13.2 Å². The van der Waals surface area contributed by atoms with Crippen LogP contribution in [0.3, 0.4) is 0 Å². The zero-order valence-corrected chi connectivity index (χ0v) is 11.5. The van der Waals surface area contributed by atoms with Crippen LogP contribution in [0.4, 0.5) is 0 Å². The molecule has 1 heterocycles. The van der Waals surface area contributed by atoms with Crippen LogP contribution in [0.15, 0.2) is 24.3 Å². The normalized spacial score (nSPS) is 21.6. The van der Waals surface area contributed by atoms with E-state index in [-0.39, 0.29) is 23.5 Å². The molecule has 2 rings (SSSR count). The fraction of sp³-hybridized carbons (Fsp3) is 0.467. The number of hydrogen-bond donors (Lipinski definition) is 2. The summed E-state index contributed by atoms with van der Waals surface area (Å²) in [5.41, 5.74) is 0.625. The van der Waals surface area contributed by atoms with Crippen LogP contribution in [0.2, 0.25) is 0 Å². The Morgan fingerprint density at radius 2 is 2.25 bits per heavy atom. The Morgan fingerprint density at radius 3 is 2.90 bits per heavy atom. The lowest BCUT2D eigenvalue weighted by atomic mass is 10.0. The van der Waals surface area contributed by atoms with E-state index in [1.165, 1.54) is 12.1 Å². The van der Waals surface area contributed by atoms with Crippen molar-refractivity contribution in [3.63, 3.8) is 0 Å². The van der Waals surface area contributed by atoms with Gasteiger partial charge in [0.2, 0.25) is 5.91 Å². The summed E-state index contributed by atoms with van der Waals surface area (Å²) >= 11 is 0. The van der Waals surface area contributed by atoms with Crippen LogP contribution in [0.1, 0.15) is 35.7 Å². The van der Waals surface area contributed by atoms with Crippen molar-refractivity contribution < 1.29 is 19.4 Å². The molecule has 0 saturated carbocycles. The highest BCUT2D eigenvalue weighted by Gasteiger charge is 2.29. The van der Waals surface area contributed by atoms with Gasteiger partial charge in [0, 0.05) is 13.2 Å². The van der Waals surface area contributed by atoms with Gasteiger partial charge in [-0.1, -0.05) is 12.1 Å². The topological polar surface area (TPSA) is 75.6 Å². The van der Waals surface area contributed by atoms with Gasteiger partial charge >= 0.3 is 5.97 Å². The first-order chi connectivity index (χ1) is 9.48. The summed E-state index contributed by atoms with van der Waals surface area (Å²) in [4.78, 5) is 22.7. The number of amides is 1. The summed E-state index contributed by atoms with van der Waals surface area (Å²) in [5.74, 6) is -1.11. The molecule has 1 aromatic carbocycles. The first-order valence-corrected chi connectivity index (χ1v) is 6.71. The quantitative estimate of drug-likeness (QED) is 0.857. The van der Waals surface area contributed by atoms with E-state index in [0.29, 0.717) is 12.1 Å². The zero-order valence-electron chi connectivity index (χ0n) is 11.5. The Bertz CT molecular complexity index is 506. The van der Waals surface area contributed by atoms with Gasteiger partial charge in [-0.3, -0.25) is 4.79 Å². The number of ether oxygens (including phenoxy) is 1. The minimum atomic E-state index is -0.987. The third kappa shape index (κ3) is 3.81. The average Bonchev–Trinajstić information content (AvgIpc) is 2.84. The Kier molecular flexibility index (Phi) is 4.39. The second-order valence-electron chi connectivity index (χ2n) is 5.36. The molecule has 1 aromatic rings. The lowest BCUT2D eigenvalue weighted by molar-refractivity contribution is -0.121. The smallest absolute Gasteiger partial charge is 0.335 e. The number of carbonyl (C=O) groups excluding carboxylic acids is 1. The molecular weight excluding hydrogens is 258 g/mol. The van der Waals surface area contributed by atoms with E-state index < -0.39 is 5.97 Å². The number of carboxylic acids is 1. The van der Waals surface area contributed by atoms with E-state index in [9.17, 15) is 9.59 Å². The monoisotopic (exact) mass is 277 g/mol. The van der Waals surface area contributed by atoms with Crippen LogP contribution in [0.5, 0.6) is 0 Å². The molecular formula is C15H19NO4. The second-order valence-corrected chi connectivity index (χ2v) is 5.36. The fourth-order valence-corrected chi connectivity index (χ4v) is 2.32. The van der Waals surface area contributed by atoms with Crippen LogP contribution in [-0.4, -0.2) is 35.7 Å². The first kappa shape index (κ1) is 14.5. The van der Waals surface area contributed by atoms with E-state index in [0.717, 1.165) is 19.4 Å². The highest BCUT2D eigenvalue weighted by molar-refractivity contribution is 5.88. The summed E-state index contributed by atoms with van der Waals surface area (Å²) in [5, 5.41) is 11.8. The van der Waals surface area contributed by atoms with Gasteiger partial charge < -0.3 is 15.2 Å². The van der Waals surface area contributed by atoms with Crippen molar-refractivity contribution >= 4 is 11.9 Å². The first-order valence-electron chi connectivity index (χ1n) is 6.71.